The average Bonchev–Trinajstić information content (AvgIpc) is 3.49. The van der Waals surface area contributed by atoms with E-state index in [9.17, 15) is 5.11 Å². The number of imidazole rings is 2. The van der Waals surface area contributed by atoms with Crippen LogP contribution in [0.5, 0.6) is 0 Å². The molecule has 0 spiro atoms. The highest BCUT2D eigenvalue weighted by Crippen LogP contribution is 2.25. The molecule has 1 atom stereocenters. The maximum Gasteiger partial charge on any atom is 0.137 e. The fourth-order valence-electron chi connectivity index (χ4n) is 3.94. The van der Waals surface area contributed by atoms with Gasteiger partial charge in [0.2, 0.25) is 0 Å². The molecule has 0 amide bonds. The summed E-state index contributed by atoms with van der Waals surface area (Å²) in [5, 5.41) is 11.9. The van der Waals surface area contributed by atoms with E-state index in [4.69, 9.17) is 23.2 Å². The SMILES string of the molecule is Clc1ccc(Cc2cnc3ccc(Br)cn23)cc1.OC(c1ccc(Cl)cc1)c1cnc2ccc(Br)cn12. The van der Waals surface area contributed by atoms with Crippen molar-refractivity contribution in [3.63, 3.8) is 0 Å². The van der Waals surface area contributed by atoms with Gasteiger partial charge in [-0.05, 0) is 91.5 Å². The van der Waals surface area contributed by atoms with E-state index in [0.717, 1.165) is 48.6 Å². The Balaban J connectivity index is 0.000000152. The number of benzene rings is 2. The van der Waals surface area contributed by atoms with Crippen LogP contribution in [-0.4, -0.2) is 23.9 Å². The molecule has 9 heteroatoms. The normalized spacial score (nSPS) is 11.9. The molecule has 0 bridgehead atoms. The van der Waals surface area contributed by atoms with Crippen LogP contribution in [0.3, 0.4) is 0 Å². The predicted molar refractivity (Wildman–Crippen MR) is 156 cm³/mol. The van der Waals surface area contributed by atoms with Gasteiger partial charge in [-0.3, -0.25) is 4.40 Å². The van der Waals surface area contributed by atoms with Gasteiger partial charge >= 0.3 is 0 Å². The maximum atomic E-state index is 10.4. The molecule has 6 aromatic rings. The molecule has 0 radical (unpaired) electrons. The molecule has 0 saturated carbocycles. The van der Waals surface area contributed by atoms with Crippen molar-refractivity contribution in [2.24, 2.45) is 0 Å². The van der Waals surface area contributed by atoms with Gasteiger partial charge in [0.25, 0.3) is 0 Å². The minimum absolute atomic E-state index is 0.650. The van der Waals surface area contributed by atoms with Crippen LogP contribution in [0.4, 0.5) is 0 Å². The second-order valence-corrected chi connectivity index (χ2v) is 11.0. The van der Waals surface area contributed by atoms with Gasteiger partial charge in [0.1, 0.15) is 17.4 Å². The number of aliphatic hydroxyl groups is 1. The van der Waals surface area contributed by atoms with Crippen LogP contribution in [0.2, 0.25) is 10.0 Å². The van der Waals surface area contributed by atoms with Gasteiger partial charge < -0.3 is 9.51 Å². The molecule has 0 fully saturated rings. The largest absolute Gasteiger partial charge is 0.382 e. The number of nitrogens with zero attached hydrogens (tertiary/aromatic N) is 4. The lowest BCUT2D eigenvalue weighted by Gasteiger charge is -2.11. The molecule has 0 aliphatic heterocycles. The number of hydrogen-bond donors (Lipinski definition) is 1. The number of fused-ring (bicyclic) bond motifs is 2. The van der Waals surface area contributed by atoms with Crippen molar-refractivity contribution in [1.29, 1.82) is 0 Å². The van der Waals surface area contributed by atoms with Gasteiger partial charge in [-0.15, -0.1) is 0 Å². The van der Waals surface area contributed by atoms with Crippen LogP contribution >= 0.6 is 55.1 Å². The van der Waals surface area contributed by atoms with Gasteiger partial charge in [0.15, 0.2) is 0 Å². The number of rotatable bonds is 4. The van der Waals surface area contributed by atoms with E-state index < -0.39 is 6.10 Å². The lowest BCUT2D eigenvalue weighted by molar-refractivity contribution is 0.214. The predicted octanol–water partition coefficient (Wildman–Crippen LogP) is 8.17. The summed E-state index contributed by atoms with van der Waals surface area (Å²) >= 11 is 18.6. The highest BCUT2D eigenvalue weighted by Gasteiger charge is 2.15. The van der Waals surface area contributed by atoms with Crippen LogP contribution in [0, 0.1) is 0 Å². The molecule has 0 aliphatic carbocycles. The second kappa shape index (κ2) is 11.4. The summed E-state index contributed by atoms with van der Waals surface area (Å²) < 4.78 is 5.94. The van der Waals surface area contributed by atoms with Crippen LogP contribution < -0.4 is 0 Å². The topological polar surface area (TPSA) is 54.8 Å². The van der Waals surface area contributed by atoms with E-state index in [-0.39, 0.29) is 0 Å². The first kappa shape index (κ1) is 25.9. The molecule has 0 aliphatic rings. The van der Waals surface area contributed by atoms with Gasteiger partial charge in [-0.1, -0.05) is 47.5 Å². The Labute approximate surface area is 240 Å². The van der Waals surface area contributed by atoms with Gasteiger partial charge in [0.05, 0.1) is 11.9 Å². The zero-order chi connectivity index (χ0) is 25.9. The third-order valence-electron chi connectivity index (χ3n) is 5.81. The first-order valence-corrected chi connectivity index (χ1v) is 13.6. The summed E-state index contributed by atoms with van der Waals surface area (Å²) in [4.78, 5) is 8.67. The summed E-state index contributed by atoms with van der Waals surface area (Å²) in [6, 6.07) is 22.9. The molecule has 4 heterocycles. The molecular weight excluding hydrogens is 639 g/mol. The minimum Gasteiger partial charge on any atom is -0.382 e. The van der Waals surface area contributed by atoms with Crippen LogP contribution in [-0.2, 0) is 6.42 Å². The minimum atomic E-state index is -0.735. The van der Waals surface area contributed by atoms with E-state index in [0.29, 0.717) is 5.02 Å². The van der Waals surface area contributed by atoms with E-state index in [1.165, 1.54) is 5.56 Å². The van der Waals surface area contributed by atoms with Crippen molar-refractivity contribution in [2.75, 3.05) is 0 Å². The molecule has 186 valence electrons. The van der Waals surface area contributed by atoms with E-state index in [2.05, 4.69) is 46.2 Å². The number of aromatic nitrogens is 4. The lowest BCUT2D eigenvalue weighted by atomic mass is 10.1. The molecule has 1 N–H and O–H groups in total. The quantitative estimate of drug-likeness (QED) is 0.208. The number of aliphatic hydroxyl groups excluding tert-OH is 1. The number of pyridine rings is 2. The highest BCUT2D eigenvalue weighted by molar-refractivity contribution is 9.10. The van der Waals surface area contributed by atoms with Crippen LogP contribution in [0.1, 0.15) is 28.6 Å². The van der Waals surface area contributed by atoms with E-state index in [1.807, 2.05) is 83.7 Å². The van der Waals surface area contributed by atoms with Crippen molar-refractivity contribution < 1.29 is 5.11 Å². The summed E-state index contributed by atoms with van der Waals surface area (Å²) in [6.07, 6.45) is 7.62. The number of hydrogen-bond acceptors (Lipinski definition) is 3. The number of halogens is 4. The molecule has 1 unspecified atom stereocenters. The van der Waals surface area contributed by atoms with Gasteiger partial charge in [-0.2, -0.15) is 0 Å². The molecule has 2 aromatic carbocycles. The Kier molecular flexibility index (Phi) is 7.98. The first-order valence-electron chi connectivity index (χ1n) is 11.3. The molecule has 37 heavy (non-hydrogen) atoms. The summed E-state index contributed by atoms with van der Waals surface area (Å²) in [6.45, 7) is 0. The third kappa shape index (κ3) is 6.08. The van der Waals surface area contributed by atoms with Crippen molar-refractivity contribution in [3.05, 3.63) is 139 Å². The second-order valence-electron chi connectivity index (χ2n) is 8.34. The summed E-state index contributed by atoms with van der Waals surface area (Å²) in [5.41, 5.74) is 5.65. The summed E-state index contributed by atoms with van der Waals surface area (Å²) in [5.74, 6) is 0. The molecule has 0 saturated heterocycles. The fourth-order valence-corrected chi connectivity index (χ4v) is 4.86. The van der Waals surface area contributed by atoms with Gasteiger partial charge in [0, 0.05) is 49.7 Å². The zero-order valence-electron chi connectivity index (χ0n) is 19.3. The Morgan fingerprint density at radius 3 is 1.89 bits per heavy atom. The third-order valence-corrected chi connectivity index (χ3v) is 7.25. The highest BCUT2D eigenvalue weighted by atomic mass is 79.9. The molecule has 6 rings (SSSR count). The van der Waals surface area contributed by atoms with Crippen molar-refractivity contribution in [1.82, 2.24) is 18.8 Å². The molecule has 5 nitrogen and oxygen atoms in total. The standard InChI is InChI=1S/C14H10BrClN2O.C14H10BrClN2/c15-10-3-6-13-17-7-12(18(13)8-10)14(19)9-1-4-11(16)5-2-9;15-11-3-6-14-17-8-13(18(14)9-11)7-10-1-4-12(16)5-2-10/h1-8,14,19H;1-6,8-9H,7H2. The summed E-state index contributed by atoms with van der Waals surface area (Å²) in [7, 11) is 0. The smallest absolute Gasteiger partial charge is 0.137 e. The zero-order valence-corrected chi connectivity index (χ0v) is 24.0. The molecule has 4 aromatic heterocycles. The van der Waals surface area contributed by atoms with E-state index in [1.54, 1.807) is 18.3 Å². The first-order chi connectivity index (χ1) is 17.9. The maximum absolute atomic E-state index is 10.4. The lowest BCUT2D eigenvalue weighted by Crippen LogP contribution is -2.03. The Morgan fingerprint density at radius 1 is 0.703 bits per heavy atom. The monoisotopic (exact) mass is 656 g/mol. The Morgan fingerprint density at radius 2 is 1.24 bits per heavy atom. The van der Waals surface area contributed by atoms with Crippen molar-refractivity contribution in [3.8, 4) is 0 Å². The van der Waals surface area contributed by atoms with Gasteiger partial charge in [-0.25, -0.2) is 9.97 Å². The Bertz CT molecular complexity index is 1660. The fraction of sp³-hybridized carbons (Fsp3) is 0.0714. The Hall–Kier alpha value is -2.68. The van der Waals surface area contributed by atoms with Crippen LogP contribution in [0.15, 0.2) is 107 Å². The van der Waals surface area contributed by atoms with Crippen LogP contribution in [0.25, 0.3) is 11.3 Å². The van der Waals surface area contributed by atoms with Crippen molar-refractivity contribution in [2.45, 2.75) is 12.5 Å². The molecular formula is C28H20Br2Cl2N4O. The van der Waals surface area contributed by atoms with E-state index >= 15 is 0 Å². The van der Waals surface area contributed by atoms with Crippen molar-refractivity contribution >= 4 is 66.4 Å². The average molecular weight is 659 g/mol.